The normalized spacial score (nSPS) is 12.2. The van der Waals surface area contributed by atoms with E-state index in [0.29, 0.717) is 6.61 Å². The van der Waals surface area contributed by atoms with Crippen molar-refractivity contribution in [3.8, 4) is 5.75 Å². The van der Waals surface area contributed by atoms with Crippen molar-refractivity contribution in [2.24, 2.45) is 5.84 Å². The summed E-state index contributed by atoms with van der Waals surface area (Å²) in [7, 11) is 0. The van der Waals surface area contributed by atoms with Gasteiger partial charge < -0.3 is 4.74 Å². The molecule has 0 aromatic heterocycles. The third-order valence-corrected chi connectivity index (χ3v) is 3.87. The van der Waals surface area contributed by atoms with Gasteiger partial charge in [-0.25, -0.2) is 0 Å². The monoisotopic (exact) mass is 304 g/mol. The van der Waals surface area contributed by atoms with Crippen LogP contribution >= 0.6 is 11.6 Å². The highest BCUT2D eigenvalue weighted by molar-refractivity contribution is 6.31. The van der Waals surface area contributed by atoms with Gasteiger partial charge in [-0.15, -0.1) is 0 Å². The summed E-state index contributed by atoms with van der Waals surface area (Å²) in [6.07, 6.45) is 0.768. The van der Waals surface area contributed by atoms with E-state index in [1.54, 1.807) is 0 Å². The molecule has 2 rings (SSSR count). The Morgan fingerprint density at radius 3 is 2.67 bits per heavy atom. The number of nitrogens with one attached hydrogen (secondary N) is 1. The van der Waals surface area contributed by atoms with Gasteiger partial charge in [0.2, 0.25) is 0 Å². The van der Waals surface area contributed by atoms with Crippen molar-refractivity contribution < 1.29 is 4.74 Å². The molecule has 0 spiro atoms. The average Bonchev–Trinajstić information content (AvgIpc) is 2.47. The van der Waals surface area contributed by atoms with Crippen LogP contribution in [-0.2, 0) is 0 Å². The number of nitrogens with two attached hydrogens (primary N) is 1. The molecule has 3 nitrogen and oxygen atoms in total. The van der Waals surface area contributed by atoms with E-state index in [1.165, 1.54) is 5.56 Å². The van der Waals surface area contributed by atoms with Gasteiger partial charge in [-0.3, -0.25) is 11.3 Å². The van der Waals surface area contributed by atoms with Gasteiger partial charge in [0.1, 0.15) is 5.75 Å². The number of hydrogen-bond donors (Lipinski definition) is 2. The van der Waals surface area contributed by atoms with Gasteiger partial charge in [-0.05, 0) is 48.7 Å². The predicted octanol–water partition coefficient (Wildman–Crippen LogP) is 3.93. The lowest BCUT2D eigenvalue weighted by atomic mass is 10.0. The van der Waals surface area contributed by atoms with E-state index in [2.05, 4.69) is 5.43 Å². The highest BCUT2D eigenvalue weighted by Crippen LogP contribution is 2.23. The van der Waals surface area contributed by atoms with Crippen LogP contribution in [-0.4, -0.2) is 6.61 Å². The number of ether oxygens (including phenoxy) is 1. The maximum atomic E-state index is 6.16. The van der Waals surface area contributed by atoms with E-state index in [0.717, 1.165) is 28.3 Å². The molecule has 112 valence electrons. The summed E-state index contributed by atoms with van der Waals surface area (Å²) in [5.41, 5.74) is 6.14. The van der Waals surface area contributed by atoms with Crippen LogP contribution in [0.15, 0.2) is 42.5 Å². The van der Waals surface area contributed by atoms with Crippen molar-refractivity contribution in [2.75, 3.05) is 6.61 Å². The molecule has 0 heterocycles. The molecule has 21 heavy (non-hydrogen) atoms. The first-order chi connectivity index (χ1) is 10.1. The van der Waals surface area contributed by atoms with E-state index in [4.69, 9.17) is 22.2 Å². The molecule has 3 N–H and O–H groups in total. The molecule has 0 aliphatic heterocycles. The first-order valence-corrected chi connectivity index (χ1v) is 7.39. The molecule has 0 bridgehead atoms. The number of hydrogen-bond acceptors (Lipinski definition) is 3. The first-order valence-electron chi connectivity index (χ1n) is 7.02. The summed E-state index contributed by atoms with van der Waals surface area (Å²) >= 11 is 6.16. The van der Waals surface area contributed by atoms with Crippen LogP contribution in [0.5, 0.6) is 5.75 Å². The second-order valence-electron chi connectivity index (χ2n) is 5.18. The highest BCUT2D eigenvalue weighted by Gasteiger charge is 2.11. The molecule has 1 atom stereocenters. The maximum absolute atomic E-state index is 6.16. The Balaban J connectivity index is 1.94. The quantitative estimate of drug-likeness (QED) is 0.628. The molecule has 0 saturated heterocycles. The average molecular weight is 305 g/mol. The second-order valence-corrected chi connectivity index (χ2v) is 5.59. The zero-order chi connectivity index (χ0) is 15.2. The SMILES string of the molecule is Cc1cccc(OCCC(NN)c2ccc(C)c(Cl)c2)c1. The van der Waals surface area contributed by atoms with Crippen molar-refractivity contribution in [1.29, 1.82) is 0 Å². The van der Waals surface area contributed by atoms with Gasteiger partial charge >= 0.3 is 0 Å². The zero-order valence-electron chi connectivity index (χ0n) is 12.4. The van der Waals surface area contributed by atoms with Crippen LogP contribution in [0.3, 0.4) is 0 Å². The Morgan fingerprint density at radius 2 is 2.00 bits per heavy atom. The second kappa shape index (κ2) is 7.46. The molecule has 2 aromatic rings. The summed E-state index contributed by atoms with van der Waals surface area (Å²) in [5.74, 6) is 6.53. The standard InChI is InChI=1S/C17H21ClN2O/c1-12-4-3-5-15(10-12)21-9-8-17(20-19)14-7-6-13(2)16(18)11-14/h3-7,10-11,17,20H,8-9,19H2,1-2H3. The van der Waals surface area contributed by atoms with Gasteiger partial charge in [0.05, 0.1) is 6.61 Å². The summed E-state index contributed by atoms with van der Waals surface area (Å²) in [6.45, 7) is 4.62. The molecule has 4 heteroatoms. The fourth-order valence-corrected chi connectivity index (χ4v) is 2.36. The predicted molar refractivity (Wildman–Crippen MR) is 87.5 cm³/mol. The molecule has 2 aromatic carbocycles. The lowest BCUT2D eigenvalue weighted by Crippen LogP contribution is -2.29. The minimum Gasteiger partial charge on any atom is -0.494 e. The van der Waals surface area contributed by atoms with Crippen LogP contribution in [0.25, 0.3) is 0 Å². The lowest BCUT2D eigenvalue weighted by molar-refractivity contribution is 0.287. The van der Waals surface area contributed by atoms with Crippen molar-refractivity contribution >= 4 is 11.6 Å². The third-order valence-electron chi connectivity index (χ3n) is 3.46. The largest absolute Gasteiger partial charge is 0.494 e. The Kier molecular flexibility index (Phi) is 5.62. The fourth-order valence-electron chi connectivity index (χ4n) is 2.17. The number of halogens is 1. The van der Waals surface area contributed by atoms with E-state index in [9.17, 15) is 0 Å². The molecule has 0 aliphatic rings. The minimum atomic E-state index is 0.0212. The summed E-state index contributed by atoms with van der Waals surface area (Å²) in [5, 5.41) is 0.757. The Hall–Kier alpha value is -1.55. The maximum Gasteiger partial charge on any atom is 0.119 e. The first kappa shape index (κ1) is 15.8. The van der Waals surface area contributed by atoms with Crippen molar-refractivity contribution in [3.05, 3.63) is 64.2 Å². The fraction of sp³-hybridized carbons (Fsp3) is 0.294. The van der Waals surface area contributed by atoms with Gasteiger partial charge in [0.25, 0.3) is 0 Å². The topological polar surface area (TPSA) is 47.3 Å². The zero-order valence-corrected chi connectivity index (χ0v) is 13.2. The molecular weight excluding hydrogens is 284 g/mol. The molecule has 1 unspecified atom stereocenters. The Labute approximate surface area is 131 Å². The number of hydrazine groups is 1. The third kappa shape index (κ3) is 4.46. The molecule has 0 radical (unpaired) electrons. The Morgan fingerprint density at radius 1 is 1.19 bits per heavy atom. The molecule has 0 amide bonds. The smallest absolute Gasteiger partial charge is 0.119 e. The van der Waals surface area contributed by atoms with Gasteiger partial charge in [0.15, 0.2) is 0 Å². The van der Waals surface area contributed by atoms with E-state index < -0.39 is 0 Å². The lowest BCUT2D eigenvalue weighted by Gasteiger charge is -2.17. The van der Waals surface area contributed by atoms with Gasteiger partial charge in [-0.1, -0.05) is 35.9 Å². The van der Waals surface area contributed by atoms with Gasteiger partial charge in [0, 0.05) is 17.5 Å². The Bertz CT molecular complexity index is 601. The minimum absolute atomic E-state index is 0.0212. The summed E-state index contributed by atoms with van der Waals surface area (Å²) in [6, 6.07) is 14.0. The number of rotatable bonds is 6. The van der Waals surface area contributed by atoms with Crippen molar-refractivity contribution in [3.63, 3.8) is 0 Å². The van der Waals surface area contributed by atoms with Crippen LogP contribution in [0.2, 0.25) is 5.02 Å². The molecule has 0 saturated carbocycles. The molecular formula is C17H21ClN2O. The summed E-state index contributed by atoms with van der Waals surface area (Å²) < 4.78 is 5.77. The number of benzene rings is 2. The van der Waals surface area contributed by atoms with Crippen LogP contribution in [0.1, 0.15) is 29.2 Å². The van der Waals surface area contributed by atoms with E-state index in [1.807, 2.05) is 56.3 Å². The van der Waals surface area contributed by atoms with Crippen molar-refractivity contribution in [1.82, 2.24) is 5.43 Å². The van der Waals surface area contributed by atoms with Crippen LogP contribution < -0.4 is 16.0 Å². The van der Waals surface area contributed by atoms with Crippen LogP contribution in [0, 0.1) is 13.8 Å². The molecule has 0 fully saturated rings. The highest BCUT2D eigenvalue weighted by atomic mass is 35.5. The summed E-state index contributed by atoms with van der Waals surface area (Å²) in [4.78, 5) is 0. The number of aryl methyl sites for hydroxylation is 2. The van der Waals surface area contributed by atoms with Gasteiger partial charge in [-0.2, -0.15) is 0 Å². The molecule has 0 aliphatic carbocycles. The van der Waals surface area contributed by atoms with Crippen LogP contribution in [0.4, 0.5) is 0 Å². The van der Waals surface area contributed by atoms with E-state index in [-0.39, 0.29) is 6.04 Å². The van der Waals surface area contributed by atoms with E-state index >= 15 is 0 Å². The van der Waals surface area contributed by atoms with Crippen molar-refractivity contribution in [2.45, 2.75) is 26.3 Å².